The zero-order chi connectivity index (χ0) is 7.56. The lowest BCUT2D eigenvalue weighted by atomic mass is 10.3. The number of aldehydes is 1. The largest absolute Gasteiger partial charge is 0.296 e. The first-order valence-corrected chi connectivity index (χ1v) is 3.20. The van der Waals surface area contributed by atoms with Gasteiger partial charge in [0.2, 0.25) is 0 Å². The summed E-state index contributed by atoms with van der Waals surface area (Å²) in [5, 5.41) is 0.403. The van der Waals surface area contributed by atoms with Gasteiger partial charge in [0, 0.05) is 5.69 Å². The van der Waals surface area contributed by atoms with Crippen LogP contribution >= 0.6 is 11.6 Å². The number of hydrogen-bond donors (Lipinski definition) is 0. The van der Waals surface area contributed by atoms with Gasteiger partial charge in [-0.05, 0) is 19.1 Å². The zero-order valence-electron chi connectivity index (χ0n) is 5.47. The molecule has 0 radical (unpaired) electrons. The predicted molar refractivity (Wildman–Crippen MR) is 39.4 cm³/mol. The third-order valence-corrected chi connectivity index (χ3v) is 1.44. The lowest BCUT2D eigenvalue weighted by molar-refractivity contribution is 0.111. The Morgan fingerprint density at radius 3 is 2.80 bits per heavy atom. The van der Waals surface area contributed by atoms with Gasteiger partial charge in [-0.1, -0.05) is 11.6 Å². The van der Waals surface area contributed by atoms with E-state index >= 15 is 0 Å². The fraction of sp³-hybridized carbons (Fsp3) is 0.143. The molecule has 0 aliphatic heterocycles. The quantitative estimate of drug-likeness (QED) is 0.580. The maximum absolute atomic E-state index is 10.2. The summed E-state index contributed by atoms with van der Waals surface area (Å²) in [7, 11) is 0. The Morgan fingerprint density at radius 1 is 1.60 bits per heavy atom. The average Bonchev–Trinajstić information content (AvgIpc) is 1.94. The Morgan fingerprint density at radius 2 is 2.30 bits per heavy atom. The van der Waals surface area contributed by atoms with Gasteiger partial charge in [-0.15, -0.1) is 0 Å². The van der Waals surface area contributed by atoms with Crippen LogP contribution < -0.4 is 0 Å². The summed E-state index contributed by atoms with van der Waals surface area (Å²) in [6.45, 7) is 1.81. The van der Waals surface area contributed by atoms with Crippen molar-refractivity contribution in [3.63, 3.8) is 0 Å². The molecule has 1 aromatic rings. The molecule has 0 unspecified atom stereocenters. The second-order valence-electron chi connectivity index (χ2n) is 1.94. The molecule has 3 heteroatoms. The van der Waals surface area contributed by atoms with Crippen LogP contribution in [0.4, 0.5) is 0 Å². The van der Waals surface area contributed by atoms with E-state index in [1.807, 2.05) is 6.92 Å². The molecular formula is C7H6ClNO. The molecule has 0 aliphatic carbocycles. The van der Waals surface area contributed by atoms with Crippen LogP contribution in [0, 0.1) is 6.92 Å². The molecule has 0 amide bonds. The molecule has 52 valence electrons. The molecule has 0 saturated carbocycles. The lowest BCUT2D eigenvalue weighted by Gasteiger charge is -1.94. The number of nitrogens with zero attached hydrogens (tertiary/aromatic N) is 1. The first kappa shape index (κ1) is 7.22. The second kappa shape index (κ2) is 2.80. The van der Waals surface area contributed by atoms with Crippen LogP contribution in [0.5, 0.6) is 0 Å². The lowest BCUT2D eigenvalue weighted by Crippen LogP contribution is -1.89. The third-order valence-electron chi connectivity index (χ3n) is 1.12. The number of carbonyl (C=O) groups excluding carboxylic acids is 1. The van der Waals surface area contributed by atoms with Crippen LogP contribution in [0.25, 0.3) is 0 Å². The topological polar surface area (TPSA) is 30.0 Å². The van der Waals surface area contributed by atoms with Gasteiger partial charge >= 0.3 is 0 Å². The molecule has 2 nitrogen and oxygen atoms in total. The van der Waals surface area contributed by atoms with Crippen LogP contribution in [-0.4, -0.2) is 11.3 Å². The smallest absolute Gasteiger partial charge is 0.169 e. The van der Waals surface area contributed by atoms with Gasteiger partial charge in [-0.3, -0.25) is 4.79 Å². The molecule has 1 aromatic heterocycles. The normalized spacial score (nSPS) is 9.40. The Balaban J connectivity index is 3.21. The minimum absolute atomic E-state index is 0.307. The van der Waals surface area contributed by atoms with Crippen LogP contribution in [0.2, 0.25) is 5.02 Å². The van der Waals surface area contributed by atoms with Crippen molar-refractivity contribution in [2.24, 2.45) is 0 Å². The molecule has 1 heterocycles. The molecule has 0 fully saturated rings. The highest BCUT2D eigenvalue weighted by atomic mass is 35.5. The van der Waals surface area contributed by atoms with Crippen LogP contribution in [0.1, 0.15) is 16.2 Å². The Labute approximate surface area is 63.8 Å². The number of rotatable bonds is 1. The molecule has 0 aliphatic rings. The average molecular weight is 156 g/mol. The van der Waals surface area contributed by atoms with Gasteiger partial charge in [0.05, 0.1) is 5.02 Å². The fourth-order valence-corrected chi connectivity index (χ4v) is 0.792. The number of aromatic nitrogens is 1. The number of carbonyl (C=O) groups is 1. The SMILES string of the molecule is Cc1ccc(Cl)c(C=O)n1. The zero-order valence-corrected chi connectivity index (χ0v) is 6.22. The summed E-state index contributed by atoms with van der Waals surface area (Å²) < 4.78 is 0. The maximum atomic E-state index is 10.2. The van der Waals surface area contributed by atoms with E-state index in [0.717, 1.165) is 5.69 Å². The Bertz CT molecular complexity index is 260. The minimum atomic E-state index is 0.307. The van der Waals surface area contributed by atoms with E-state index in [9.17, 15) is 4.79 Å². The van der Waals surface area contributed by atoms with Gasteiger partial charge in [0.15, 0.2) is 6.29 Å². The highest BCUT2D eigenvalue weighted by Gasteiger charge is 1.98. The van der Waals surface area contributed by atoms with E-state index < -0.39 is 0 Å². The number of pyridine rings is 1. The number of hydrogen-bond acceptors (Lipinski definition) is 2. The third kappa shape index (κ3) is 1.33. The Kier molecular flexibility index (Phi) is 2.02. The van der Waals surface area contributed by atoms with E-state index in [1.165, 1.54) is 0 Å². The van der Waals surface area contributed by atoms with Gasteiger partial charge in [0.1, 0.15) is 5.69 Å². The van der Waals surface area contributed by atoms with E-state index in [4.69, 9.17) is 11.6 Å². The van der Waals surface area contributed by atoms with Crippen LogP contribution in [0.15, 0.2) is 12.1 Å². The minimum Gasteiger partial charge on any atom is -0.296 e. The molecule has 1 rings (SSSR count). The van der Waals surface area contributed by atoms with Gasteiger partial charge < -0.3 is 0 Å². The van der Waals surface area contributed by atoms with Crippen LogP contribution in [-0.2, 0) is 0 Å². The number of aryl methyl sites for hydroxylation is 1. The summed E-state index contributed by atoms with van der Waals surface area (Å²) in [5.74, 6) is 0. The van der Waals surface area contributed by atoms with E-state index in [2.05, 4.69) is 4.98 Å². The molecule has 0 spiro atoms. The van der Waals surface area contributed by atoms with Crippen molar-refractivity contribution in [1.29, 1.82) is 0 Å². The van der Waals surface area contributed by atoms with Crippen molar-refractivity contribution < 1.29 is 4.79 Å². The highest BCUT2D eigenvalue weighted by molar-refractivity contribution is 6.32. The molecule has 10 heavy (non-hydrogen) atoms. The molecule has 0 bridgehead atoms. The van der Waals surface area contributed by atoms with Crippen molar-refractivity contribution in [1.82, 2.24) is 4.98 Å². The standard InChI is InChI=1S/C7H6ClNO/c1-5-2-3-6(8)7(4-10)9-5/h2-4H,1H3. The first-order chi connectivity index (χ1) is 4.74. The molecule has 0 N–H and O–H groups in total. The highest BCUT2D eigenvalue weighted by Crippen LogP contribution is 2.10. The first-order valence-electron chi connectivity index (χ1n) is 2.82. The number of halogens is 1. The monoisotopic (exact) mass is 155 g/mol. The summed E-state index contributed by atoms with van der Waals surface area (Å²) >= 11 is 5.60. The maximum Gasteiger partial charge on any atom is 0.169 e. The van der Waals surface area contributed by atoms with E-state index in [1.54, 1.807) is 12.1 Å². The predicted octanol–water partition coefficient (Wildman–Crippen LogP) is 1.86. The summed E-state index contributed by atoms with van der Waals surface area (Å²) in [5.41, 5.74) is 1.10. The van der Waals surface area contributed by atoms with Crippen molar-refractivity contribution in [2.75, 3.05) is 0 Å². The molecule has 0 saturated heterocycles. The van der Waals surface area contributed by atoms with Crippen molar-refractivity contribution >= 4 is 17.9 Å². The second-order valence-corrected chi connectivity index (χ2v) is 2.34. The Hall–Kier alpha value is -0.890. The van der Waals surface area contributed by atoms with Crippen molar-refractivity contribution in [3.05, 3.63) is 28.5 Å². The van der Waals surface area contributed by atoms with Gasteiger partial charge in [0.25, 0.3) is 0 Å². The van der Waals surface area contributed by atoms with Crippen LogP contribution in [0.3, 0.4) is 0 Å². The summed E-state index contributed by atoms with van der Waals surface area (Å²) in [6, 6.07) is 3.42. The fourth-order valence-electron chi connectivity index (χ4n) is 0.642. The molecule has 0 atom stereocenters. The van der Waals surface area contributed by atoms with Crippen molar-refractivity contribution in [2.45, 2.75) is 6.92 Å². The molecule has 0 aromatic carbocycles. The summed E-state index contributed by atoms with van der Waals surface area (Å²) in [6.07, 6.45) is 0.648. The van der Waals surface area contributed by atoms with Crippen molar-refractivity contribution in [3.8, 4) is 0 Å². The van der Waals surface area contributed by atoms with Gasteiger partial charge in [-0.25, -0.2) is 4.98 Å². The van der Waals surface area contributed by atoms with E-state index in [0.29, 0.717) is 17.0 Å². The summed E-state index contributed by atoms with van der Waals surface area (Å²) in [4.78, 5) is 14.1. The molecular weight excluding hydrogens is 150 g/mol. The van der Waals surface area contributed by atoms with E-state index in [-0.39, 0.29) is 0 Å². The van der Waals surface area contributed by atoms with Gasteiger partial charge in [-0.2, -0.15) is 0 Å².